The number of carbonyl (C=O) groups excluding carboxylic acids is 2. The Balaban J connectivity index is 1.61. The molecular formula is C24H20ClN3O2. The van der Waals surface area contributed by atoms with E-state index in [0.29, 0.717) is 22.7 Å². The first kappa shape index (κ1) is 19.7. The molecule has 0 fully saturated rings. The van der Waals surface area contributed by atoms with Crippen molar-refractivity contribution in [1.82, 2.24) is 10.3 Å². The second kappa shape index (κ2) is 8.84. The number of benzene rings is 3. The molecule has 4 aromatic rings. The average Bonchev–Trinajstić information content (AvgIpc) is 3.17. The van der Waals surface area contributed by atoms with E-state index in [1.807, 2.05) is 48.7 Å². The highest BCUT2D eigenvalue weighted by Crippen LogP contribution is 2.20. The van der Waals surface area contributed by atoms with Gasteiger partial charge in [-0.05, 0) is 35.9 Å². The number of rotatable bonds is 6. The summed E-state index contributed by atoms with van der Waals surface area (Å²) < 4.78 is 0. The number of hydrogen-bond acceptors (Lipinski definition) is 2. The zero-order valence-electron chi connectivity index (χ0n) is 16.1. The van der Waals surface area contributed by atoms with Crippen molar-refractivity contribution >= 4 is 40.0 Å². The Hall–Kier alpha value is -3.57. The summed E-state index contributed by atoms with van der Waals surface area (Å²) in [4.78, 5) is 29.1. The van der Waals surface area contributed by atoms with Crippen LogP contribution >= 0.6 is 11.6 Å². The lowest BCUT2D eigenvalue weighted by molar-refractivity contribution is -0.118. The lowest BCUT2D eigenvalue weighted by atomic mass is 10.0. The third-order valence-corrected chi connectivity index (χ3v) is 5.21. The summed E-state index contributed by atoms with van der Waals surface area (Å²) in [6.07, 6.45) is 2.20. The maximum absolute atomic E-state index is 13.1. The zero-order chi connectivity index (χ0) is 20.9. The van der Waals surface area contributed by atoms with Gasteiger partial charge in [-0.15, -0.1) is 0 Å². The van der Waals surface area contributed by atoms with Crippen molar-refractivity contribution in [3.05, 3.63) is 101 Å². The molecule has 30 heavy (non-hydrogen) atoms. The Morgan fingerprint density at radius 1 is 0.900 bits per heavy atom. The molecule has 0 bridgehead atoms. The van der Waals surface area contributed by atoms with Gasteiger partial charge in [0, 0.05) is 29.2 Å². The second-order valence-corrected chi connectivity index (χ2v) is 7.33. The number of amides is 2. The van der Waals surface area contributed by atoms with Crippen LogP contribution in [0, 0.1) is 0 Å². The topological polar surface area (TPSA) is 74.0 Å². The van der Waals surface area contributed by atoms with Gasteiger partial charge in [-0.3, -0.25) is 9.59 Å². The van der Waals surface area contributed by atoms with E-state index in [2.05, 4.69) is 15.6 Å². The van der Waals surface area contributed by atoms with Crippen LogP contribution in [0.4, 0.5) is 5.69 Å². The summed E-state index contributed by atoms with van der Waals surface area (Å²) in [5.41, 5.74) is 2.92. The summed E-state index contributed by atoms with van der Waals surface area (Å²) in [5.74, 6) is -0.694. The lowest BCUT2D eigenvalue weighted by Crippen LogP contribution is -2.45. The van der Waals surface area contributed by atoms with Gasteiger partial charge in [0.15, 0.2) is 0 Å². The molecule has 150 valence electrons. The van der Waals surface area contributed by atoms with Crippen molar-refractivity contribution in [2.45, 2.75) is 12.5 Å². The minimum atomic E-state index is -0.784. The first-order valence-electron chi connectivity index (χ1n) is 9.58. The number of fused-ring (bicyclic) bond motifs is 1. The maximum Gasteiger partial charge on any atom is 0.253 e. The third-order valence-electron chi connectivity index (χ3n) is 4.88. The largest absolute Gasteiger partial charge is 0.361 e. The van der Waals surface area contributed by atoms with Crippen LogP contribution in [-0.2, 0) is 11.2 Å². The Labute approximate surface area is 179 Å². The first-order chi connectivity index (χ1) is 14.6. The van der Waals surface area contributed by atoms with Crippen LogP contribution in [0.5, 0.6) is 0 Å². The Bertz CT molecular complexity index is 1190. The smallest absolute Gasteiger partial charge is 0.253 e. The van der Waals surface area contributed by atoms with E-state index in [-0.39, 0.29) is 5.91 Å². The minimum absolute atomic E-state index is 0.299. The Morgan fingerprint density at radius 3 is 2.40 bits per heavy atom. The maximum atomic E-state index is 13.1. The summed E-state index contributed by atoms with van der Waals surface area (Å²) >= 11 is 6.17. The fourth-order valence-corrected chi connectivity index (χ4v) is 3.58. The quantitative estimate of drug-likeness (QED) is 0.421. The highest BCUT2D eigenvalue weighted by Gasteiger charge is 2.24. The van der Waals surface area contributed by atoms with E-state index < -0.39 is 11.9 Å². The highest BCUT2D eigenvalue weighted by molar-refractivity contribution is 6.33. The molecule has 2 amide bonds. The molecule has 1 heterocycles. The van der Waals surface area contributed by atoms with E-state index in [0.717, 1.165) is 16.5 Å². The van der Waals surface area contributed by atoms with Crippen LogP contribution in [0.3, 0.4) is 0 Å². The van der Waals surface area contributed by atoms with Gasteiger partial charge in [0.05, 0.1) is 10.6 Å². The van der Waals surface area contributed by atoms with Crippen molar-refractivity contribution in [1.29, 1.82) is 0 Å². The van der Waals surface area contributed by atoms with E-state index >= 15 is 0 Å². The number of anilines is 1. The molecule has 0 aliphatic rings. The standard InChI is InChI=1S/C24H20ClN3O2/c25-20-12-6-4-11-19(20)23(29)28-22(24(30)27-17-8-2-1-3-9-17)14-16-15-26-21-13-7-5-10-18(16)21/h1-13,15,22,26H,14H2,(H,27,30)(H,28,29)/t22-/m0/s1. The van der Waals surface area contributed by atoms with Crippen LogP contribution in [0.25, 0.3) is 10.9 Å². The molecule has 5 nitrogen and oxygen atoms in total. The van der Waals surface area contributed by atoms with Crippen molar-refractivity contribution in [2.75, 3.05) is 5.32 Å². The molecule has 1 atom stereocenters. The molecule has 0 radical (unpaired) electrons. The molecule has 0 aliphatic heterocycles. The third kappa shape index (κ3) is 4.36. The van der Waals surface area contributed by atoms with Gasteiger partial charge in [-0.1, -0.05) is 60.1 Å². The summed E-state index contributed by atoms with van der Waals surface area (Å²) in [6, 6.07) is 23.0. The molecule has 0 aliphatic carbocycles. The fraction of sp³-hybridized carbons (Fsp3) is 0.0833. The molecule has 6 heteroatoms. The van der Waals surface area contributed by atoms with Gasteiger partial charge in [-0.25, -0.2) is 0 Å². The van der Waals surface area contributed by atoms with Crippen molar-refractivity contribution < 1.29 is 9.59 Å². The van der Waals surface area contributed by atoms with Gasteiger partial charge in [0.25, 0.3) is 5.91 Å². The Morgan fingerprint density at radius 2 is 1.60 bits per heavy atom. The number of H-pyrrole nitrogens is 1. The molecule has 0 saturated heterocycles. The predicted octanol–water partition coefficient (Wildman–Crippen LogP) is 4.80. The predicted molar refractivity (Wildman–Crippen MR) is 120 cm³/mol. The number of aromatic nitrogens is 1. The number of aromatic amines is 1. The molecule has 1 aromatic heterocycles. The number of halogens is 1. The van der Waals surface area contributed by atoms with E-state index in [4.69, 9.17) is 11.6 Å². The summed E-state index contributed by atoms with van der Waals surface area (Å²) in [5, 5.41) is 7.08. The monoisotopic (exact) mass is 417 g/mol. The number of carbonyl (C=O) groups is 2. The number of para-hydroxylation sites is 2. The van der Waals surface area contributed by atoms with E-state index in [1.54, 1.807) is 36.4 Å². The van der Waals surface area contributed by atoms with Crippen LogP contribution in [0.15, 0.2) is 85.1 Å². The minimum Gasteiger partial charge on any atom is -0.361 e. The van der Waals surface area contributed by atoms with E-state index in [9.17, 15) is 9.59 Å². The van der Waals surface area contributed by atoms with Gasteiger partial charge >= 0.3 is 0 Å². The number of nitrogens with one attached hydrogen (secondary N) is 3. The molecular weight excluding hydrogens is 398 g/mol. The zero-order valence-corrected chi connectivity index (χ0v) is 16.8. The van der Waals surface area contributed by atoms with E-state index in [1.165, 1.54) is 0 Å². The fourth-order valence-electron chi connectivity index (χ4n) is 3.36. The SMILES string of the molecule is O=C(N[C@@H](Cc1c[nH]c2ccccc12)C(=O)Nc1ccccc1)c1ccccc1Cl. The molecule has 0 saturated carbocycles. The van der Waals surface area contributed by atoms with Crippen LogP contribution in [0.1, 0.15) is 15.9 Å². The van der Waals surface area contributed by atoms with Crippen LogP contribution in [0.2, 0.25) is 5.02 Å². The molecule has 0 unspecified atom stereocenters. The molecule has 3 aromatic carbocycles. The summed E-state index contributed by atoms with van der Waals surface area (Å²) in [6.45, 7) is 0. The van der Waals surface area contributed by atoms with Crippen molar-refractivity contribution in [3.63, 3.8) is 0 Å². The van der Waals surface area contributed by atoms with Crippen molar-refractivity contribution in [3.8, 4) is 0 Å². The van der Waals surface area contributed by atoms with Crippen LogP contribution in [-0.4, -0.2) is 22.8 Å². The van der Waals surface area contributed by atoms with Gasteiger partial charge in [0.1, 0.15) is 6.04 Å². The number of hydrogen-bond donors (Lipinski definition) is 3. The molecule has 3 N–H and O–H groups in total. The van der Waals surface area contributed by atoms with Gasteiger partial charge in [0.2, 0.25) is 5.91 Å². The Kier molecular flexibility index (Phi) is 5.82. The molecule has 4 rings (SSSR count). The first-order valence-corrected chi connectivity index (χ1v) is 9.96. The lowest BCUT2D eigenvalue weighted by Gasteiger charge is -2.19. The van der Waals surface area contributed by atoms with Crippen molar-refractivity contribution in [2.24, 2.45) is 0 Å². The normalized spacial score (nSPS) is 11.8. The van der Waals surface area contributed by atoms with Crippen LogP contribution < -0.4 is 10.6 Å². The highest BCUT2D eigenvalue weighted by atomic mass is 35.5. The van der Waals surface area contributed by atoms with Gasteiger partial charge < -0.3 is 15.6 Å². The molecule has 0 spiro atoms. The van der Waals surface area contributed by atoms with Gasteiger partial charge in [-0.2, -0.15) is 0 Å². The average molecular weight is 418 g/mol. The summed E-state index contributed by atoms with van der Waals surface area (Å²) in [7, 11) is 0. The second-order valence-electron chi connectivity index (χ2n) is 6.92.